The zero-order valence-electron chi connectivity index (χ0n) is 21.0. The Morgan fingerprint density at radius 1 is 0.971 bits per heavy atom. The first-order valence-corrected chi connectivity index (χ1v) is 13.2. The van der Waals surface area contributed by atoms with Crippen LogP contribution in [-0.2, 0) is 17.3 Å². The molecule has 182 valence electrons. The summed E-state index contributed by atoms with van der Waals surface area (Å²) in [6, 6.07) is 13.7. The van der Waals surface area contributed by atoms with Gasteiger partial charge in [-0.25, -0.2) is 14.8 Å². The SMILES string of the molecule is CC1(C)CCC(C)(C)c2cc(CCCSc3ncccn3)c(C=Cc3ccc(C(=O)O)cc3)cc21. The molecule has 0 fully saturated rings. The Bertz CT molecular complexity index is 1220. The summed E-state index contributed by atoms with van der Waals surface area (Å²) in [6.45, 7) is 9.45. The van der Waals surface area contributed by atoms with Crippen molar-refractivity contribution in [2.24, 2.45) is 0 Å². The van der Waals surface area contributed by atoms with E-state index in [2.05, 4.69) is 61.9 Å². The number of benzene rings is 2. The van der Waals surface area contributed by atoms with Gasteiger partial charge >= 0.3 is 5.97 Å². The van der Waals surface area contributed by atoms with Crippen molar-refractivity contribution < 1.29 is 9.90 Å². The van der Waals surface area contributed by atoms with Crippen molar-refractivity contribution >= 4 is 29.9 Å². The molecule has 0 saturated heterocycles. The molecule has 2 aromatic carbocycles. The zero-order chi connectivity index (χ0) is 25.1. The predicted molar refractivity (Wildman–Crippen MR) is 145 cm³/mol. The summed E-state index contributed by atoms with van der Waals surface area (Å²) >= 11 is 1.70. The maximum absolute atomic E-state index is 11.2. The number of fused-ring (bicyclic) bond motifs is 1. The van der Waals surface area contributed by atoms with Gasteiger partial charge in [0.05, 0.1) is 5.56 Å². The van der Waals surface area contributed by atoms with E-state index in [-0.39, 0.29) is 10.8 Å². The van der Waals surface area contributed by atoms with Gasteiger partial charge in [-0.3, -0.25) is 0 Å². The largest absolute Gasteiger partial charge is 0.478 e. The van der Waals surface area contributed by atoms with Crippen LogP contribution in [0.5, 0.6) is 0 Å². The quantitative estimate of drug-likeness (QED) is 0.155. The Hall–Kier alpha value is -2.92. The van der Waals surface area contributed by atoms with Crippen LogP contribution in [0, 0.1) is 0 Å². The molecule has 1 N–H and O–H groups in total. The maximum atomic E-state index is 11.2. The van der Waals surface area contributed by atoms with E-state index in [0.29, 0.717) is 5.56 Å². The van der Waals surface area contributed by atoms with E-state index in [9.17, 15) is 9.90 Å². The third-order valence-electron chi connectivity index (χ3n) is 7.09. The molecule has 0 aliphatic heterocycles. The van der Waals surface area contributed by atoms with E-state index < -0.39 is 5.97 Å². The number of carbonyl (C=O) groups is 1. The van der Waals surface area contributed by atoms with Crippen molar-refractivity contribution in [3.63, 3.8) is 0 Å². The molecule has 0 unspecified atom stereocenters. The zero-order valence-corrected chi connectivity index (χ0v) is 21.9. The van der Waals surface area contributed by atoms with Crippen molar-refractivity contribution in [3.05, 3.63) is 88.2 Å². The fourth-order valence-electron chi connectivity index (χ4n) is 4.76. The lowest BCUT2D eigenvalue weighted by molar-refractivity contribution is 0.0697. The lowest BCUT2D eigenvalue weighted by Crippen LogP contribution is -2.34. The molecule has 0 spiro atoms. The Kier molecular flexibility index (Phi) is 7.46. The highest BCUT2D eigenvalue weighted by atomic mass is 32.2. The van der Waals surface area contributed by atoms with Crippen LogP contribution in [0.15, 0.2) is 60.0 Å². The number of hydrogen-bond donors (Lipinski definition) is 1. The summed E-state index contributed by atoms with van der Waals surface area (Å²) in [6.07, 6.45) is 12.3. The third-order valence-corrected chi connectivity index (χ3v) is 8.05. The Balaban J connectivity index is 1.62. The molecule has 5 heteroatoms. The lowest BCUT2D eigenvalue weighted by atomic mass is 9.62. The summed E-state index contributed by atoms with van der Waals surface area (Å²) in [5.41, 5.74) is 7.16. The fraction of sp³-hybridized carbons (Fsp3) is 0.367. The highest BCUT2D eigenvalue weighted by Crippen LogP contribution is 2.47. The molecule has 0 radical (unpaired) electrons. The Labute approximate surface area is 212 Å². The van der Waals surface area contributed by atoms with Crippen molar-refractivity contribution in [3.8, 4) is 0 Å². The minimum Gasteiger partial charge on any atom is -0.478 e. The number of nitrogens with zero attached hydrogens (tertiary/aromatic N) is 2. The molecule has 1 aromatic heterocycles. The van der Waals surface area contributed by atoms with Gasteiger partial charge in [0.25, 0.3) is 0 Å². The monoisotopic (exact) mass is 486 g/mol. The van der Waals surface area contributed by atoms with Gasteiger partial charge in [-0.2, -0.15) is 0 Å². The van der Waals surface area contributed by atoms with E-state index in [1.54, 1.807) is 36.3 Å². The second-order valence-corrected chi connectivity index (χ2v) is 11.7. The van der Waals surface area contributed by atoms with Crippen molar-refractivity contribution in [1.82, 2.24) is 9.97 Å². The number of aromatic carboxylic acids is 1. The highest BCUT2D eigenvalue weighted by Gasteiger charge is 2.37. The van der Waals surface area contributed by atoms with Crippen LogP contribution in [0.4, 0.5) is 0 Å². The van der Waals surface area contributed by atoms with Crippen LogP contribution in [0.2, 0.25) is 0 Å². The average Bonchev–Trinajstić information content (AvgIpc) is 2.84. The van der Waals surface area contributed by atoms with Crippen LogP contribution < -0.4 is 0 Å². The first kappa shape index (κ1) is 25.2. The van der Waals surface area contributed by atoms with Crippen LogP contribution in [0.1, 0.15) is 85.1 Å². The molecule has 3 aromatic rings. The molecule has 35 heavy (non-hydrogen) atoms. The molecule has 0 saturated carbocycles. The number of carboxylic acid groups (broad SMARTS) is 1. The average molecular weight is 487 g/mol. The van der Waals surface area contributed by atoms with Gasteiger partial charge in [0.15, 0.2) is 5.16 Å². The molecular formula is C30H34N2O2S. The summed E-state index contributed by atoms with van der Waals surface area (Å²) in [5, 5.41) is 10.00. The predicted octanol–water partition coefficient (Wildman–Crippen LogP) is 7.42. The Morgan fingerprint density at radius 3 is 2.23 bits per heavy atom. The number of carboxylic acids is 1. The fourth-order valence-corrected chi connectivity index (χ4v) is 5.50. The minimum absolute atomic E-state index is 0.148. The maximum Gasteiger partial charge on any atom is 0.335 e. The Morgan fingerprint density at radius 2 is 1.60 bits per heavy atom. The van der Waals surface area contributed by atoms with Crippen molar-refractivity contribution in [1.29, 1.82) is 0 Å². The van der Waals surface area contributed by atoms with Crippen LogP contribution >= 0.6 is 11.8 Å². The van der Waals surface area contributed by atoms with Crippen LogP contribution in [0.3, 0.4) is 0 Å². The molecule has 4 rings (SSSR count). The van der Waals surface area contributed by atoms with E-state index >= 15 is 0 Å². The van der Waals surface area contributed by atoms with Gasteiger partial charge in [0, 0.05) is 18.1 Å². The van der Waals surface area contributed by atoms with E-state index in [1.807, 2.05) is 18.2 Å². The molecule has 4 nitrogen and oxygen atoms in total. The summed E-state index contributed by atoms with van der Waals surface area (Å²) in [7, 11) is 0. The number of thioether (sulfide) groups is 1. The molecular weight excluding hydrogens is 452 g/mol. The second-order valence-electron chi connectivity index (χ2n) is 10.6. The topological polar surface area (TPSA) is 63.1 Å². The van der Waals surface area contributed by atoms with Gasteiger partial charge in [-0.05, 0) is 82.5 Å². The normalized spacial score (nSPS) is 16.2. The molecule has 1 aliphatic rings. The van der Waals surface area contributed by atoms with Gasteiger partial charge in [-0.15, -0.1) is 0 Å². The van der Waals surface area contributed by atoms with Crippen LogP contribution in [0.25, 0.3) is 12.2 Å². The molecule has 1 aliphatic carbocycles. The highest BCUT2D eigenvalue weighted by molar-refractivity contribution is 7.99. The first-order chi connectivity index (χ1) is 16.7. The summed E-state index contributed by atoms with van der Waals surface area (Å²) in [4.78, 5) is 19.8. The third kappa shape index (κ3) is 6.02. The number of hydrogen-bond acceptors (Lipinski definition) is 4. The van der Waals surface area contributed by atoms with Gasteiger partial charge in [0.1, 0.15) is 0 Å². The standard InChI is InChI=1S/C30H34N2O2S/c1-29(2)14-15-30(3,4)26-20-24(13-10-21-8-11-22(12-9-21)27(33)34)23(19-25(26)29)7-5-18-35-28-31-16-6-17-32-28/h6,8-13,16-17,19-20H,5,7,14-15,18H2,1-4H3,(H,33,34). The van der Waals surface area contributed by atoms with Crippen LogP contribution in [-0.4, -0.2) is 26.8 Å². The van der Waals surface area contributed by atoms with E-state index in [1.165, 1.54) is 35.1 Å². The van der Waals surface area contributed by atoms with E-state index in [4.69, 9.17) is 0 Å². The molecule has 0 bridgehead atoms. The van der Waals surface area contributed by atoms with Gasteiger partial charge in [-0.1, -0.05) is 75.9 Å². The van der Waals surface area contributed by atoms with Gasteiger partial charge < -0.3 is 5.11 Å². The van der Waals surface area contributed by atoms with E-state index in [0.717, 1.165) is 29.3 Å². The minimum atomic E-state index is -0.902. The first-order valence-electron chi connectivity index (χ1n) is 12.2. The smallest absolute Gasteiger partial charge is 0.335 e. The number of aromatic nitrogens is 2. The number of aryl methyl sites for hydroxylation is 1. The number of rotatable bonds is 8. The molecule has 0 amide bonds. The van der Waals surface area contributed by atoms with Crippen molar-refractivity contribution in [2.75, 3.05) is 5.75 Å². The second kappa shape index (κ2) is 10.4. The van der Waals surface area contributed by atoms with Crippen molar-refractivity contribution in [2.45, 2.75) is 69.4 Å². The summed E-state index contributed by atoms with van der Waals surface area (Å²) < 4.78 is 0. The lowest BCUT2D eigenvalue weighted by Gasteiger charge is -2.42. The summed E-state index contributed by atoms with van der Waals surface area (Å²) in [5.74, 6) is 0.0663. The van der Waals surface area contributed by atoms with Gasteiger partial charge in [0.2, 0.25) is 0 Å². The molecule has 1 heterocycles. The molecule has 0 atom stereocenters.